The highest BCUT2D eigenvalue weighted by Gasteiger charge is 2.27. The van der Waals surface area contributed by atoms with Crippen LogP contribution in [0.15, 0.2) is 0 Å². The molecule has 112 valence electrons. The van der Waals surface area contributed by atoms with E-state index in [-0.39, 0.29) is 18.5 Å². The molecule has 0 aliphatic carbocycles. The molecule has 19 heavy (non-hydrogen) atoms. The van der Waals surface area contributed by atoms with Crippen LogP contribution in [0.1, 0.15) is 60.3 Å². The van der Waals surface area contributed by atoms with Crippen LogP contribution < -0.4 is 5.32 Å². The van der Waals surface area contributed by atoms with Gasteiger partial charge >= 0.3 is 12.0 Å². The first-order chi connectivity index (χ1) is 8.69. The average Bonchev–Trinajstić information content (AvgIpc) is 2.20. The fourth-order valence-electron chi connectivity index (χ4n) is 1.91. The maximum atomic E-state index is 12.2. The van der Waals surface area contributed by atoms with Crippen molar-refractivity contribution in [2.75, 3.05) is 6.54 Å². The summed E-state index contributed by atoms with van der Waals surface area (Å²) in [6.45, 7) is 10.2. The summed E-state index contributed by atoms with van der Waals surface area (Å²) in [6.07, 6.45) is 3.09. The normalized spacial score (nSPS) is 11.5. The molecule has 0 aromatic heterocycles. The lowest BCUT2D eigenvalue weighted by atomic mass is 10.0. The summed E-state index contributed by atoms with van der Waals surface area (Å²) >= 11 is 0. The molecule has 0 atom stereocenters. The van der Waals surface area contributed by atoms with Gasteiger partial charge in [0, 0.05) is 18.1 Å². The zero-order chi connectivity index (χ0) is 15.1. The van der Waals surface area contributed by atoms with Crippen molar-refractivity contribution in [1.82, 2.24) is 10.2 Å². The van der Waals surface area contributed by atoms with E-state index in [0.717, 1.165) is 19.3 Å². The SMILES string of the molecule is CCCCCN(C(=O)NC(C)(C)CC(=O)O)C(C)C. The molecule has 0 rings (SSSR count). The minimum atomic E-state index is -0.910. The Morgan fingerprint density at radius 2 is 1.84 bits per heavy atom. The molecule has 0 aliphatic heterocycles. The number of rotatable bonds is 8. The molecule has 0 aliphatic rings. The summed E-state index contributed by atoms with van der Waals surface area (Å²) in [7, 11) is 0. The van der Waals surface area contributed by atoms with Crippen LogP contribution in [0.25, 0.3) is 0 Å². The molecule has 0 aromatic carbocycles. The lowest BCUT2D eigenvalue weighted by Gasteiger charge is -2.32. The van der Waals surface area contributed by atoms with Gasteiger partial charge in [0.05, 0.1) is 6.42 Å². The number of carbonyl (C=O) groups excluding carboxylic acids is 1. The Morgan fingerprint density at radius 3 is 2.26 bits per heavy atom. The molecule has 2 amide bonds. The van der Waals surface area contributed by atoms with Gasteiger partial charge in [-0.25, -0.2) is 4.79 Å². The Bertz CT molecular complexity index is 301. The van der Waals surface area contributed by atoms with Gasteiger partial charge in [0.25, 0.3) is 0 Å². The largest absolute Gasteiger partial charge is 0.481 e. The maximum absolute atomic E-state index is 12.2. The van der Waals surface area contributed by atoms with Crippen molar-refractivity contribution in [2.24, 2.45) is 0 Å². The zero-order valence-corrected chi connectivity index (χ0v) is 12.8. The van der Waals surface area contributed by atoms with Crippen molar-refractivity contribution in [1.29, 1.82) is 0 Å². The predicted octanol–water partition coefficient (Wildman–Crippen LogP) is 2.85. The molecule has 0 aromatic rings. The number of urea groups is 1. The van der Waals surface area contributed by atoms with Gasteiger partial charge in [0.2, 0.25) is 0 Å². The second kappa shape index (κ2) is 8.02. The Hall–Kier alpha value is -1.26. The summed E-state index contributed by atoms with van der Waals surface area (Å²) in [5.41, 5.74) is -0.735. The van der Waals surface area contributed by atoms with Gasteiger partial charge in [-0.15, -0.1) is 0 Å². The highest BCUT2D eigenvalue weighted by Crippen LogP contribution is 2.11. The van der Waals surface area contributed by atoms with Crippen LogP contribution in [0, 0.1) is 0 Å². The summed E-state index contributed by atoms with van der Waals surface area (Å²) < 4.78 is 0. The van der Waals surface area contributed by atoms with Gasteiger partial charge in [0.15, 0.2) is 0 Å². The third-order valence-corrected chi connectivity index (χ3v) is 2.93. The minimum absolute atomic E-state index is 0.0837. The first-order valence-electron chi connectivity index (χ1n) is 7.00. The highest BCUT2D eigenvalue weighted by molar-refractivity contribution is 5.77. The summed E-state index contributed by atoms with van der Waals surface area (Å²) in [5.74, 6) is -0.910. The lowest BCUT2D eigenvalue weighted by molar-refractivity contribution is -0.138. The van der Waals surface area contributed by atoms with E-state index in [1.54, 1.807) is 18.7 Å². The van der Waals surface area contributed by atoms with Crippen LogP contribution >= 0.6 is 0 Å². The van der Waals surface area contributed by atoms with Crippen LogP contribution in [-0.4, -0.2) is 40.1 Å². The van der Waals surface area contributed by atoms with E-state index in [1.165, 1.54) is 0 Å². The monoisotopic (exact) mass is 272 g/mol. The molecule has 0 unspecified atom stereocenters. The molecule has 0 fully saturated rings. The van der Waals surface area contributed by atoms with Gasteiger partial charge in [-0.05, 0) is 34.1 Å². The Kier molecular flexibility index (Phi) is 7.49. The molecule has 0 saturated carbocycles. The molecular formula is C14H28N2O3. The minimum Gasteiger partial charge on any atom is -0.481 e. The number of nitrogens with zero attached hydrogens (tertiary/aromatic N) is 1. The van der Waals surface area contributed by atoms with Crippen molar-refractivity contribution >= 4 is 12.0 Å². The van der Waals surface area contributed by atoms with E-state index in [4.69, 9.17) is 5.11 Å². The Morgan fingerprint density at radius 1 is 1.26 bits per heavy atom. The number of carboxylic acids is 1. The van der Waals surface area contributed by atoms with Crippen molar-refractivity contribution in [3.05, 3.63) is 0 Å². The van der Waals surface area contributed by atoms with E-state index in [2.05, 4.69) is 12.2 Å². The number of aliphatic carboxylic acids is 1. The van der Waals surface area contributed by atoms with Gasteiger partial charge in [-0.2, -0.15) is 0 Å². The molecular weight excluding hydrogens is 244 g/mol. The lowest BCUT2D eigenvalue weighted by Crippen LogP contribution is -2.53. The molecule has 5 nitrogen and oxygen atoms in total. The molecule has 0 spiro atoms. The zero-order valence-electron chi connectivity index (χ0n) is 12.8. The number of nitrogens with one attached hydrogen (secondary N) is 1. The smallest absolute Gasteiger partial charge is 0.318 e. The molecule has 0 heterocycles. The van der Waals surface area contributed by atoms with Crippen molar-refractivity contribution < 1.29 is 14.7 Å². The van der Waals surface area contributed by atoms with E-state index in [1.807, 2.05) is 13.8 Å². The van der Waals surface area contributed by atoms with E-state index >= 15 is 0 Å². The molecule has 2 N–H and O–H groups in total. The van der Waals surface area contributed by atoms with Gasteiger partial charge in [-0.1, -0.05) is 19.8 Å². The Labute approximate surface area is 116 Å². The van der Waals surface area contributed by atoms with E-state index < -0.39 is 11.5 Å². The third-order valence-electron chi connectivity index (χ3n) is 2.93. The van der Waals surface area contributed by atoms with Gasteiger partial charge in [-0.3, -0.25) is 4.79 Å². The number of carboxylic acid groups (broad SMARTS) is 1. The fraction of sp³-hybridized carbons (Fsp3) is 0.857. The fourth-order valence-corrected chi connectivity index (χ4v) is 1.91. The molecule has 0 bridgehead atoms. The Balaban J connectivity index is 4.50. The molecule has 0 radical (unpaired) electrons. The average molecular weight is 272 g/mol. The van der Waals surface area contributed by atoms with Crippen molar-refractivity contribution in [2.45, 2.75) is 71.9 Å². The van der Waals surface area contributed by atoms with Crippen LogP contribution in [0.4, 0.5) is 4.79 Å². The number of hydrogen-bond donors (Lipinski definition) is 2. The van der Waals surface area contributed by atoms with E-state index in [0.29, 0.717) is 6.54 Å². The first-order valence-corrected chi connectivity index (χ1v) is 7.00. The van der Waals surface area contributed by atoms with Crippen LogP contribution in [0.2, 0.25) is 0 Å². The number of carbonyl (C=O) groups is 2. The quantitative estimate of drug-likeness (QED) is 0.667. The third kappa shape index (κ3) is 7.70. The second-order valence-corrected chi connectivity index (χ2v) is 5.88. The van der Waals surface area contributed by atoms with Crippen molar-refractivity contribution in [3.63, 3.8) is 0 Å². The number of unbranched alkanes of at least 4 members (excludes halogenated alkanes) is 2. The molecule has 0 saturated heterocycles. The molecule has 5 heteroatoms. The second-order valence-electron chi connectivity index (χ2n) is 5.88. The standard InChI is InChI=1S/C14H28N2O3/c1-6-7-8-9-16(11(2)3)13(19)15-14(4,5)10-12(17)18/h11H,6-10H2,1-5H3,(H,15,19)(H,17,18). The first kappa shape index (κ1) is 17.7. The highest BCUT2D eigenvalue weighted by atomic mass is 16.4. The van der Waals surface area contributed by atoms with Crippen LogP contribution in [-0.2, 0) is 4.79 Å². The van der Waals surface area contributed by atoms with Gasteiger partial charge in [0.1, 0.15) is 0 Å². The number of amides is 2. The summed E-state index contributed by atoms with van der Waals surface area (Å²) in [5, 5.41) is 11.6. The predicted molar refractivity (Wildman–Crippen MR) is 76.2 cm³/mol. The topological polar surface area (TPSA) is 69.6 Å². The summed E-state index contributed by atoms with van der Waals surface area (Å²) in [4.78, 5) is 24.7. The summed E-state index contributed by atoms with van der Waals surface area (Å²) in [6, 6.07) is -0.0742. The van der Waals surface area contributed by atoms with Crippen LogP contribution in [0.3, 0.4) is 0 Å². The number of hydrogen-bond acceptors (Lipinski definition) is 2. The van der Waals surface area contributed by atoms with Crippen LogP contribution in [0.5, 0.6) is 0 Å². The van der Waals surface area contributed by atoms with Crippen molar-refractivity contribution in [3.8, 4) is 0 Å². The maximum Gasteiger partial charge on any atom is 0.318 e. The van der Waals surface area contributed by atoms with Gasteiger partial charge < -0.3 is 15.3 Å². The van der Waals surface area contributed by atoms with E-state index in [9.17, 15) is 9.59 Å².